The number of carbonyl (C=O) groups excluding carboxylic acids is 1. The van der Waals surface area contributed by atoms with Gasteiger partial charge in [0, 0.05) is 13.1 Å². The quantitative estimate of drug-likeness (QED) is 0.862. The number of likely N-dealkylation sites (N-methyl/N-ethyl adjacent to an activating group) is 1. The number of ether oxygens (including phenoxy) is 1. The van der Waals surface area contributed by atoms with Crippen molar-refractivity contribution in [2.75, 3.05) is 26.3 Å². The Morgan fingerprint density at radius 2 is 2.10 bits per heavy atom. The fourth-order valence-corrected chi connectivity index (χ4v) is 3.68. The van der Waals surface area contributed by atoms with Crippen molar-refractivity contribution >= 4 is 15.9 Å². The molecule has 0 bridgehead atoms. The molecule has 1 aromatic carbocycles. The third-order valence-corrected chi connectivity index (χ3v) is 5.01. The molecule has 0 spiro atoms. The molecule has 0 radical (unpaired) electrons. The van der Waals surface area contributed by atoms with E-state index in [9.17, 15) is 13.2 Å². The van der Waals surface area contributed by atoms with Gasteiger partial charge in [-0.25, -0.2) is 8.42 Å². The van der Waals surface area contributed by atoms with E-state index in [1.165, 1.54) is 16.4 Å². The molecule has 1 aliphatic heterocycles. The van der Waals surface area contributed by atoms with Crippen molar-refractivity contribution in [2.24, 2.45) is 0 Å². The first kappa shape index (κ1) is 15.0. The zero-order valence-corrected chi connectivity index (χ0v) is 12.1. The fourth-order valence-electron chi connectivity index (χ4n) is 2.10. The third-order valence-electron chi connectivity index (χ3n) is 3.08. The number of amides is 1. The number of sulfonamides is 1. The van der Waals surface area contributed by atoms with Crippen LogP contribution in [-0.2, 0) is 19.6 Å². The lowest BCUT2D eigenvalue weighted by molar-refractivity contribution is -0.129. The molecule has 1 atom stereocenters. The van der Waals surface area contributed by atoms with Gasteiger partial charge >= 0.3 is 0 Å². The van der Waals surface area contributed by atoms with Crippen molar-refractivity contribution in [3.05, 3.63) is 30.3 Å². The number of rotatable bonds is 4. The molecule has 1 heterocycles. The minimum atomic E-state index is -3.68. The van der Waals surface area contributed by atoms with E-state index < -0.39 is 16.1 Å². The van der Waals surface area contributed by atoms with Crippen LogP contribution in [-0.4, -0.2) is 51.0 Å². The summed E-state index contributed by atoms with van der Waals surface area (Å²) >= 11 is 0. The second-order valence-corrected chi connectivity index (χ2v) is 6.30. The first-order valence-corrected chi connectivity index (χ1v) is 7.93. The first-order valence-electron chi connectivity index (χ1n) is 6.49. The van der Waals surface area contributed by atoms with Gasteiger partial charge in [0.2, 0.25) is 15.9 Å². The van der Waals surface area contributed by atoms with Crippen LogP contribution >= 0.6 is 0 Å². The Morgan fingerprint density at radius 1 is 1.40 bits per heavy atom. The summed E-state index contributed by atoms with van der Waals surface area (Å²) in [6, 6.07) is 7.32. The molecular formula is C13H18N2O4S. The molecule has 7 heteroatoms. The first-order chi connectivity index (χ1) is 9.57. The van der Waals surface area contributed by atoms with Crippen LogP contribution in [0.5, 0.6) is 0 Å². The maximum atomic E-state index is 12.6. The Balaban J connectivity index is 2.30. The van der Waals surface area contributed by atoms with Crippen molar-refractivity contribution in [3.63, 3.8) is 0 Å². The largest absolute Gasteiger partial charge is 0.378 e. The van der Waals surface area contributed by atoms with Crippen molar-refractivity contribution in [3.8, 4) is 0 Å². The minimum absolute atomic E-state index is 0.0812. The van der Waals surface area contributed by atoms with Crippen LogP contribution in [0, 0.1) is 0 Å². The summed E-state index contributed by atoms with van der Waals surface area (Å²) < 4.78 is 31.7. The molecule has 1 amide bonds. The highest BCUT2D eigenvalue weighted by molar-refractivity contribution is 7.89. The summed E-state index contributed by atoms with van der Waals surface area (Å²) in [6.07, 6.45) is 0. The van der Waals surface area contributed by atoms with Gasteiger partial charge in [0.05, 0.1) is 18.1 Å². The highest BCUT2D eigenvalue weighted by Crippen LogP contribution is 2.20. The highest BCUT2D eigenvalue weighted by atomic mass is 32.2. The van der Waals surface area contributed by atoms with E-state index in [4.69, 9.17) is 4.74 Å². The second kappa shape index (κ2) is 6.34. The lowest BCUT2D eigenvalue weighted by Gasteiger charge is -2.33. The van der Waals surface area contributed by atoms with Gasteiger partial charge in [-0.3, -0.25) is 4.79 Å². The van der Waals surface area contributed by atoms with Gasteiger partial charge in [-0.15, -0.1) is 0 Å². The lowest BCUT2D eigenvalue weighted by Crippen LogP contribution is -2.55. The van der Waals surface area contributed by atoms with E-state index in [0.29, 0.717) is 13.2 Å². The van der Waals surface area contributed by atoms with Crippen molar-refractivity contribution in [1.29, 1.82) is 0 Å². The van der Waals surface area contributed by atoms with Crippen LogP contribution in [0.25, 0.3) is 0 Å². The topological polar surface area (TPSA) is 75.7 Å². The average Bonchev–Trinajstić information content (AvgIpc) is 2.48. The zero-order valence-electron chi connectivity index (χ0n) is 11.3. The maximum Gasteiger partial charge on any atom is 0.243 e. The summed E-state index contributed by atoms with van der Waals surface area (Å²) in [5.74, 6) is -0.327. The van der Waals surface area contributed by atoms with Crippen molar-refractivity contribution in [2.45, 2.75) is 17.9 Å². The van der Waals surface area contributed by atoms with Gasteiger partial charge in [-0.2, -0.15) is 4.31 Å². The SMILES string of the molecule is CCNC(=O)C1COCCN1S(=O)(=O)c1ccccc1. The smallest absolute Gasteiger partial charge is 0.243 e. The molecular weight excluding hydrogens is 280 g/mol. The zero-order chi connectivity index (χ0) is 14.6. The molecule has 0 aromatic heterocycles. The predicted octanol–water partition coefficient (Wildman–Crippen LogP) is 0.212. The molecule has 0 saturated carbocycles. The molecule has 2 rings (SSSR count). The van der Waals surface area contributed by atoms with Gasteiger partial charge in [-0.1, -0.05) is 18.2 Å². The fraction of sp³-hybridized carbons (Fsp3) is 0.462. The summed E-state index contributed by atoms with van der Waals surface area (Å²) in [4.78, 5) is 12.2. The van der Waals surface area contributed by atoms with Crippen LogP contribution < -0.4 is 5.32 Å². The van der Waals surface area contributed by atoms with E-state index >= 15 is 0 Å². The number of nitrogens with zero attached hydrogens (tertiary/aromatic N) is 1. The van der Waals surface area contributed by atoms with Crippen LogP contribution in [0.4, 0.5) is 0 Å². The van der Waals surface area contributed by atoms with Crippen molar-refractivity contribution in [1.82, 2.24) is 9.62 Å². The Morgan fingerprint density at radius 3 is 2.75 bits per heavy atom. The molecule has 110 valence electrons. The Bertz CT molecular complexity index is 559. The molecule has 6 nitrogen and oxygen atoms in total. The van der Waals surface area contributed by atoms with E-state index in [1.807, 2.05) is 0 Å². The standard InChI is InChI=1S/C13H18N2O4S/c1-2-14-13(16)12-10-19-9-8-15(12)20(17,18)11-6-4-3-5-7-11/h3-7,12H,2,8-10H2,1H3,(H,14,16). The molecule has 0 aliphatic carbocycles. The monoisotopic (exact) mass is 298 g/mol. The lowest BCUT2D eigenvalue weighted by atomic mass is 10.2. The van der Waals surface area contributed by atoms with Gasteiger partial charge in [0.15, 0.2) is 0 Å². The number of benzene rings is 1. The average molecular weight is 298 g/mol. The molecule has 1 N–H and O–H groups in total. The summed E-state index contributed by atoms with van der Waals surface area (Å²) in [5.41, 5.74) is 0. The van der Waals surface area contributed by atoms with Gasteiger partial charge in [0.25, 0.3) is 0 Å². The van der Waals surface area contributed by atoms with E-state index in [1.54, 1.807) is 25.1 Å². The summed E-state index contributed by atoms with van der Waals surface area (Å²) in [7, 11) is -3.68. The Labute approximate surface area is 118 Å². The number of nitrogens with one attached hydrogen (secondary N) is 1. The van der Waals surface area contributed by atoms with Gasteiger partial charge < -0.3 is 10.1 Å². The molecule has 1 unspecified atom stereocenters. The van der Waals surface area contributed by atoms with E-state index in [2.05, 4.69) is 5.32 Å². The molecule has 1 aromatic rings. The molecule has 1 aliphatic rings. The van der Waals surface area contributed by atoms with Crippen LogP contribution in [0.1, 0.15) is 6.92 Å². The van der Waals surface area contributed by atoms with Gasteiger partial charge in [0.1, 0.15) is 6.04 Å². The maximum absolute atomic E-state index is 12.6. The van der Waals surface area contributed by atoms with Crippen LogP contribution in [0.15, 0.2) is 35.2 Å². The molecule has 1 saturated heterocycles. The van der Waals surface area contributed by atoms with Gasteiger partial charge in [-0.05, 0) is 19.1 Å². The number of carbonyl (C=O) groups is 1. The summed E-state index contributed by atoms with van der Waals surface area (Å²) in [5, 5.41) is 2.64. The summed E-state index contributed by atoms with van der Waals surface area (Å²) in [6.45, 7) is 2.80. The normalized spacial score (nSPS) is 20.6. The third kappa shape index (κ3) is 3.00. The molecule has 20 heavy (non-hydrogen) atoms. The van der Waals surface area contributed by atoms with E-state index in [0.717, 1.165) is 0 Å². The predicted molar refractivity (Wildman–Crippen MR) is 73.6 cm³/mol. The van der Waals surface area contributed by atoms with Crippen LogP contribution in [0.3, 0.4) is 0 Å². The van der Waals surface area contributed by atoms with E-state index in [-0.39, 0.29) is 24.0 Å². The number of hydrogen-bond donors (Lipinski definition) is 1. The van der Waals surface area contributed by atoms with Crippen LogP contribution in [0.2, 0.25) is 0 Å². The van der Waals surface area contributed by atoms with Crippen molar-refractivity contribution < 1.29 is 17.9 Å². The number of hydrogen-bond acceptors (Lipinski definition) is 4. The second-order valence-electron chi connectivity index (χ2n) is 4.41. The Kier molecular flexibility index (Phi) is 4.74. The molecule has 1 fully saturated rings. The minimum Gasteiger partial charge on any atom is -0.378 e. The highest BCUT2D eigenvalue weighted by Gasteiger charge is 2.37. The Hall–Kier alpha value is -1.44. The number of morpholine rings is 1.